The monoisotopic (exact) mass is 276 g/mol. The van der Waals surface area contributed by atoms with Crippen molar-refractivity contribution >= 4 is 5.91 Å². The number of halogens is 3. The first-order chi connectivity index (χ1) is 8.71. The predicted molar refractivity (Wildman–Crippen MR) is 63.2 cm³/mol. The van der Waals surface area contributed by atoms with Gasteiger partial charge in [-0.15, -0.1) is 0 Å². The Balaban J connectivity index is 2.56. The molecular weight excluding hydrogens is 261 g/mol. The summed E-state index contributed by atoms with van der Waals surface area (Å²) in [7, 11) is 0. The van der Waals surface area contributed by atoms with Gasteiger partial charge < -0.3 is 16.2 Å². The SMILES string of the molecule is Cc1ccc(C(N)C(=O)NCC(O)C(F)(F)F)cc1. The van der Waals surface area contributed by atoms with Crippen LogP contribution in [-0.4, -0.2) is 29.8 Å². The van der Waals surface area contributed by atoms with Gasteiger partial charge in [-0.1, -0.05) is 29.8 Å². The van der Waals surface area contributed by atoms with E-state index >= 15 is 0 Å². The van der Waals surface area contributed by atoms with Crippen molar-refractivity contribution in [2.75, 3.05) is 6.54 Å². The number of benzene rings is 1. The molecule has 0 bridgehead atoms. The van der Waals surface area contributed by atoms with Crippen LogP contribution in [0.5, 0.6) is 0 Å². The maximum atomic E-state index is 12.0. The van der Waals surface area contributed by atoms with Gasteiger partial charge in [-0.2, -0.15) is 13.2 Å². The fourth-order valence-electron chi connectivity index (χ4n) is 1.35. The number of aryl methyl sites for hydroxylation is 1. The summed E-state index contributed by atoms with van der Waals surface area (Å²) in [6.45, 7) is 0.941. The van der Waals surface area contributed by atoms with Crippen LogP contribution in [0.2, 0.25) is 0 Å². The van der Waals surface area contributed by atoms with Gasteiger partial charge in [-0.05, 0) is 12.5 Å². The van der Waals surface area contributed by atoms with Gasteiger partial charge >= 0.3 is 6.18 Å². The molecule has 4 N–H and O–H groups in total. The van der Waals surface area contributed by atoms with Gasteiger partial charge in [0.2, 0.25) is 5.91 Å². The van der Waals surface area contributed by atoms with Crippen molar-refractivity contribution in [1.29, 1.82) is 0 Å². The van der Waals surface area contributed by atoms with Gasteiger partial charge in [0.1, 0.15) is 6.04 Å². The molecule has 0 aliphatic heterocycles. The van der Waals surface area contributed by atoms with E-state index in [0.29, 0.717) is 5.56 Å². The molecule has 1 aromatic rings. The Morgan fingerprint density at radius 3 is 2.37 bits per heavy atom. The summed E-state index contributed by atoms with van der Waals surface area (Å²) in [6, 6.07) is 5.67. The molecule has 106 valence electrons. The highest BCUT2D eigenvalue weighted by Gasteiger charge is 2.38. The lowest BCUT2D eigenvalue weighted by Gasteiger charge is -2.17. The minimum atomic E-state index is -4.76. The van der Waals surface area contributed by atoms with E-state index in [-0.39, 0.29) is 0 Å². The smallest absolute Gasteiger partial charge is 0.382 e. The van der Waals surface area contributed by atoms with E-state index in [4.69, 9.17) is 10.8 Å². The fraction of sp³-hybridized carbons (Fsp3) is 0.417. The Labute approximate surface area is 108 Å². The number of carbonyl (C=O) groups excluding carboxylic acids is 1. The van der Waals surface area contributed by atoms with Crippen LogP contribution in [-0.2, 0) is 4.79 Å². The van der Waals surface area contributed by atoms with Gasteiger partial charge in [-0.25, -0.2) is 0 Å². The molecule has 2 unspecified atom stereocenters. The van der Waals surface area contributed by atoms with Crippen LogP contribution in [0.1, 0.15) is 17.2 Å². The maximum Gasteiger partial charge on any atom is 0.416 e. The average Bonchev–Trinajstić information content (AvgIpc) is 2.34. The van der Waals surface area contributed by atoms with Crippen molar-refractivity contribution in [3.8, 4) is 0 Å². The van der Waals surface area contributed by atoms with Crippen molar-refractivity contribution in [2.45, 2.75) is 25.2 Å². The first-order valence-electron chi connectivity index (χ1n) is 5.56. The van der Waals surface area contributed by atoms with E-state index in [1.807, 2.05) is 12.2 Å². The highest BCUT2D eigenvalue weighted by molar-refractivity contribution is 5.82. The number of hydrogen-bond donors (Lipinski definition) is 3. The van der Waals surface area contributed by atoms with E-state index in [9.17, 15) is 18.0 Å². The molecule has 1 aromatic carbocycles. The standard InChI is InChI=1S/C12H15F3N2O2/c1-7-2-4-8(5-3-7)10(16)11(19)17-6-9(18)12(13,14)15/h2-5,9-10,18H,6,16H2,1H3,(H,17,19). The molecule has 1 rings (SSSR count). The summed E-state index contributed by atoms with van der Waals surface area (Å²) in [6.07, 6.45) is -7.36. The Kier molecular flexibility index (Phi) is 4.90. The molecule has 19 heavy (non-hydrogen) atoms. The summed E-state index contributed by atoms with van der Waals surface area (Å²) >= 11 is 0. The zero-order valence-electron chi connectivity index (χ0n) is 10.2. The molecule has 0 spiro atoms. The van der Waals surface area contributed by atoms with Gasteiger partial charge in [0, 0.05) is 0 Å². The minimum Gasteiger partial charge on any atom is -0.382 e. The third-order valence-corrected chi connectivity index (χ3v) is 2.57. The van der Waals surface area contributed by atoms with E-state index in [2.05, 4.69) is 0 Å². The lowest BCUT2D eigenvalue weighted by atomic mass is 10.1. The zero-order valence-corrected chi connectivity index (χ0v) is 10.2. The fourth-order valence-corrected chi connectivity index (χ4v) is 1.35. The third kappa shape index (κ3) is 4.53. The molecule has 7 heteroatoms. The van der Waals surface area contributed by atoms with Gasteiger partial charge in [0.25, 0.3) is 0 Å². The first kappa shape index (κ1) is 15.5. The average molecular weight is 276 g/mol. The van der Waals surface area contributed by atoms with Crippen molar-refractivity contribution < 1.29 is 23.1 Å². The van der Waals surface area contributed by atoms with Gasteiger partial charge in [0.15, 0.2) is 6.10 Å². The lowest BCUT2D eigenvalue weighted by molar-refractivity contribution is -0.201. The molecule has 1 amide bonds. The molecule has 0 saturated heterocycles. The van der Waals surface area contributed by atoms with Crippen LogP contribution in [0, 0.1) is 6.92 Å². The molecule has 0 aliphatic rings. The number of carbonyl (C=O) groups is 1. The van der Waals surface area contributed by atoms with E-state index in [1.54, 1.807) is 24.3 Å². The quantitative estimate of drug-likeness (QED) is 0.769. The molecular formula is C12H15F3N2O2. The van der Waals surface area contributed by atoms with Crippen molar-refractivity contribution in [1.82, 2.24) is 5.32 Å². The summed E-state index contributed by atoms with van der Waals surface area (Å²) in [5, 5.41) is 10.7. The van der Waals surface area contributed by atoms with Crippen molar-refractivity contribution in [2.24, 2.45) is 5.73 Å². The van der Waals surface area contributed by atoms with Crippen LogP contribution in [0.25, 0.3) is 0 Å². The second-order valence-electron chi connectivity index (χ2n) is 4.19. The summed E-state index contributed by atoms with van der Waals surface area (Å²) in [5.41, 5.74) is 7.08. The number of amides is 1. The van der Waals surface area contributed by atoms with E-state index in [1.165, 1.54) is 0 Å². The molecule has 2 atom stereocenters. The molecule has 0 radical (unpaired) electrons. The first-order valence-corrected chi connectivity index (χ1v) is 5.56. The van der Waals surface area contributed by atoms with Crippen LogP contribution in [0.3, 0.4) is 0 Å². The van der Waals surface area contributed by atoms with E-state index < -0.39 is 30.8 Å². The third-order valence-electron chi connectivity index (χ3n) is 2.57. The second-order valence-corrected chi connectivity index (χ2v) is 4.19. The van der Waals surface area contributed by atoms with Crippen LogP contribution in [0.15, 0.2) is 24.3 Å². The second kappa shape index (κ2) is 6.03. The lowest BCUT2D eigenvalue weighted by Crippen LogP contribution is -2.43. The van der Waals surface area contributed by atoms with Crippen LogP contribution >= 0.6 is 0 Å². The molecule has 0 fully saturated rings. The minimum absolute atomic E-state index is 0.490. The number of alkyl halides is 3. The highest BCUT2D eigenvalue weighted by Crippen LogP contribution is 2.19. The molecule has 0 aliphatic carbocycles. The van der Waals surface area contributed by atoms with Gasteiger partial charge in [-0.3, -0.25) is 4.79 Å². The van der Waals surface area contributed by atoms with E-state index in [0.717, 1.165) is 5.56 Å². The summed E-state index contributed by atoms with van der Waals surface area (Å²) < 4.78 is 36.1. The Hall–Kier alpha value is -1.60. The zero-order chi connectivity index (χ0) is 14.6. The normalized spacial score (nSPS) is 14.8. The topological polar surface area (TPSA) is 75.4 Å². The Morgan fingerprint density at radius 1 is 1.37 bits per heavy atom. The predicted octanol–water partition coefficient (Wildman–Crippen LogP) is 1.03. The molecule has 0 heterocycles. The molecule has 4 nitrogen and oxygen atoms in total. The van der Waals surface area contributed by atoms with Crippen LogP contribution in [0.4, 0.5) is 13.2 Å². The molecule has 0 aromatic heterocycles. The number of aliphatic hydroxyl groups is 1. The van der Waals surface area contributed by atoms with Crippen molar-refractivity contribution in [3.05, 3.63) is 35.4 Å². The number of hydrogen-bond acceptors (Lipinski definition) is 3. The largest absolute Gasteiger partial charge is 0.416 e. The van der Waals surface area contributed by atoms with Gasteiger partial charge in [0.05, 0.1) is 6.54 Å². The number of rotatable bonds is 4. The maximum absolute atomic E-state index is 12.0. The number of nitrogens with two attached hydrogens (primary N) is 1. The Bertz CT molecular complexity index is 432. The van der Waals surface area contributed by atoms with Crippen molar-refractivity contribution in [3.63, 3.8) is 0 Å². The Morgan fingerprint density at radius 2 is 1.89 bits per heavy atom. The summed E-state index contributed by atoms with van der Waals surface area (Å²) in [4.78, 5) is 11.5. The van der Waals surface area contributed by atoms with Crippen LogP contribution < -0.4 is 11.1 Å². The number of aliphatic hydroxyl groups excluding tert-OH is 1. The number of nitrogens with one attached hydrogen (secondary N) is 1. The molecule has 0 saturated carbocycles. The highest BCUT2D eigenvalue weighted by atomic mass is 19.4. The summed E-state index contributed by atoms with van der Waals surface area (Å²) in [5.74, 6) is -0.771.